The lowest BCUT2D eigenvalue weighted by molar-refractivity contribution is 0.232. The van der Waals surface area contributed by atoms with Crippen LogP contribution in [0.5, 0.6) is 0 Å². The van der Waals surface area contributed by atoms with Crippen molar-refractivity contribution in [3.63, 3.8) is 0 Å². The minimum Gasteiger partial charge on any atom is -0.461 e. The van der Waals surface area contributed by atoms with Gasteiger partial charge in [0.1, 0.15) is 5.82 Å². The van der Waals surface area contributed by atoms with Gasteiger partial charge in [-0.3, -0.25) is 10.1 Å². The number of H-pyrrole nitrogens is 1. The Morgan fingerprint density at radius 1 is 1.28 bits per heavy atom. The third kappa shape index (κ3) is 5.32. The minimum absolute atomic E-state index is 0.587. The van der Waals surface area contributed by atoms with Gasteiger partial charge in [0.2, 0.25) is 5.82 Å². The predicted octanol–water partition coefficient (Wildman–Crippen LogP) is 1.26. The van der Waals surface area contributed by atoms with Crippen LogP contribution in [0.2, 0.25) is 0 Å². The van der Waals surface area contributed by atoms with E-state index in [0.29, 0.717) is 11.6 Å². The first-order chi connectivity index (χ1) is 12.3. The smallest absolute Gasteiger partial charge is 0.216 e. The van der Waals surface area contributed by atoms with Crippen LogP contribution >= 0.6 is 0 Å². The van der Waals surface area contributed by atoms with E-state index in [-0.39, 0.29) is 0 Å². The molecular formula is C17H27N7O. The molecule has 3 rings (SSSR count). The molecule has 0 aliphatic carbocycles. The molecule has 2 aromatic heterocycles. The number of hydrogen-bond acceptors (Lipinski definition) is 5. The number of aromatic nitrogens is 3. The zero-order chi connectivity index (χ0) is 17.3. The number of rotatable bonds is 7. The van der Waals surface area contributed by atoms with Crippen LogP contribution in [0.15, 0.2) is 27.8 Å². The van der Waals surface area contributed by atoms with Crippen molar-refractivity contribution in [3.05, 3.63) is 24.2 Å². The number of nitrogens with zero attached hydrogens (tertiary/aromatic N) is 4. The lowest BCUT2D eigenvalue weighted by Gasteiger charge is -2.26. The summed E-state index contributed by atoms with van der Waals surface area (Å²) in [6.45, 7) is 5.14. The Labute approximate surface area is 148 Å². The molecule has 1 aliphatic heterocycles. The van der Waals surface area contributed by atoms with Crippen LogP contribution in [0.3, 0.4) is 0 Å². The van der Waals surface area contributed by atoms with E-state index in [1.54, 1.807) is 13.3 Å². The van der Waals surface area contributed by atoms with Gasteiger partial charge in [-0.25, -0.2) is 4.98 Å². The highest BCUT2D eigenvalue weighted by atomic mass is 16.3. The normalized spacial score (nSPS) is 16.1. The van der Waals surface area contributed by atoms with Gasteiger partial charge >= 0.3 is 0 Å². The second kappa shape index (κ2) is 9.22. The molecule has 136 valence electrons. The maximum atomic E-state index is 5.29. The van der Waals surface area contributed by atoms with E-state index in [1.807, 2.05) is 12.1 Å². The number of furan rings is 1. The molecule has 0 aromatic carbocycles. The molecule has 25 heavy (non-hydrogen) atoms. The highest BCUT2D eigenvalue weighted by Gasteiger charge is 2.10. The fourth-order valence-corrected chi connectivity index (χ4v) is 2.96. The molecule has 0 unspecified atom stereocenters. The second-order valence-electron chi connectivity index (χ2n) is 6.16. The molecule has 0 atom stereocenters. The summed E-state index contributed by atoms with van der Waals surface area (Å²) in [5.41, 5.74) is 0. The summed E-state index contributed by atoms with van der Waals surface area (Å²) in [6.07, 6.45) is 6.37. The zero-order valence-electron chi connectivity index (χ0n) is 14.8. The van der Waals surface area contributed by atoms with Gasteiger partial charge in [0.15, 0.2) is 11.7 Å². The number of piperidine rings is 1. The average Bonchev–Trinajstić information content (AvgIpc) is 3.33. The van der Waals surface area contributed by atoms with Crippen LogP contribution in [0, 0.1) is 0 Å². The van der Waals surface area contributed by atoms with Gasteiger partial charge < -0.3 is 20.0 Å². The Bertz CT molecular complexity index is 644. The van der Waals surface area contributed by atoms with Gasteiger partial charge in [-0.05, 0) is 38.1 Å². The van der Waals surface area contributed by atoms with Gasteiger partial charge in [-0.2, -0.15) is 5.10 Å². The number of nitrogens with one attached hydrogen (secondary N) is 3. The summed E-state index contributed by atoms with van der Waals surface area (Å²) in [5, 5.41) is 13.8. The van der Waals surface area contributed by atoms with Crippen molar-refractivity contribution < 1.29 is 4.42 Å². The van der Waals surface area contributed by atoms with Gasteiger partial charge in [-0.1, -0.05) is 6.42 Å². The summed E-state index contributed by atoms with van der Waals surface area (Å²) in [7, 11) is 1.79. The van der Waals surface area contributed by atoms with Crippen molar-refractivity contribution in [2.75, 3.05) is 39.8 Å². The summed E-state index contributed by atoms with van der Waals surface area (Å²) in [5.74, 6) is 2.90. The van der Waals surface area contributed by atoms with E-state index >= 15 is 0 Å². The highest BCUT2D eigenvalue weighted by molar-refractivity contribution is 5.79. The van der Waals surface area contributed by atoms with E-state index in [2.05, 4.69) is 35.7 Å². The summed E-state index contributed by atoms with van der Waals surface area (Å²) in [6, 6.07) is 3.67. The van der Waals surface area contributed by atoms with Crippen molar-refractivity contribution in [3.8, 4) is 11.6 Å². The monoisotopic (exact) mass is 345 g/mol. The molecule has 0 saturated carbocycles. The van der Waals surface area contributed by atoms with Crippen molar-refractivity contribution in [2.45, 2.75) is 25.7 Å². The van der Waals surface area contributed by atoms with Crippen molar-refractivity contribution in [1.29, 1.82) is 0 Å². The highest BCUT2D eigenvalue weighted by Crippen LogP contribution is 2.14. The molecule has 2 aromatic rings. The first-order valence-corrected chi connectivity index (χ1v) is 8.97. The molecule has 0 spiro atoms. The summed E-state index contributed by atoms with van der Waals surface area (Å²) < 4.78 is 5.29. The van der Waals surface area contributed by atoms with Crippen molar-refractivity contribution >= 4 is 5.96 Å². The van der Waals surface area contributed by atoms with Crippen LogP contribution in [0.4, 0.5) is 0 Å². The van der Waals surface area contributed by atoms with E-state index in [1.165, 1.54) is 32.4 Å². The molecule has 0 amide bonds. The summed E-state index contributed by atoms with van der Waals surface area (Å²) in [4.78, 5) is 11.2. The number of aliphatic imine (C=N–C) groups is 1. The summed E-state index contributed by atoms with van der Waals surface area (Å²) >= 11 is 0. The SMILES string of the molecule is CN=C(NCCc1nc(-c2ccco2)n[nH]1)NCCN1CCCCC1. The number of aromatic amines is 1. The Morgan fingerprint density at radius 3 is 2.88 bits per heavy atom. The Morgan fingerprint density at radius 2 is 2.12 bits per heavy atom. The fourth-order valence-electron chi connectivity index (χ4n) is 2.96. The van der Waals surface area contributed by atoms with E-state index in [4.69, 9.17) is 4.42 Å². The molecule has 8 heteroatoms. The molecule has 0 radical (unpaired) electrons. The van der Waals surface area contributed by atoms with Gasteiger partial charge in [0, 0.05) is 33.1 Å². The topological polar surface area (TPSA) is 94.4 Å². The Balaban J connectivity index is 1.35. The van der Waals surface area contributed by atoms with Gasteiger partial charge in [0.05, 0.1) is 6.26 Å². The maximum absolute atomic E-state index is 5.29. The van der Waals surface area contributed by atoms with Gasteiger partial charge in [0.25, 0.3) is 0 Å². The standard InChI is InChI=1S/C17H27N7O/c1-18-17(20-9-12-24-10-3-2-4-11-24)19-8-7-15-21-16(23-22-15)14-6-5-13-25-14/h5-6,13H,2-4,7-12H2,1H3,(H2,18,19,20)(H,21,22,23). The lowest BCUT2D eigenvalue weighted by Crippen LogP contribution is -2.43. The molecule has 1 saturated heterocycles. The number of hydrogen-bond donors (Lipinski definition) is 3. The number of guanidine groups is 1. The first-order valence-electron chi connectivity index (χ1n) is 8.97. The van der Waals surface area contributed by atoms with E-state index in [0.717, 1.165) is 37.8 Å². The van der Waals surface area contributed by atoms with Crippen molar-refractivity contribution in [1.82, 2.24) is 30.7 Å². The third-order valence-electron chi connectivity index (χ3n) is 4.32. The Kier molecular flexibility index (Phi) is 6.44. The molecular weight excluding hydrogens is 318 g/mol. The minimum atomic E-state index is 0.587. The van der Waals surface area contributed by atoms with Gasteiger partial charge in [-0.15, -0.1) is 0 Å². The zero-order valence-corrected chi connectivity index (χ0v) is 14.8. The lowest BCUT2D eigenvalue weighted by atomic mass is 10.1. The van der Waals surface area contributed by atoms with E-state index in [9.17, 15) is 0 Å². The molecule has 1 aliphatic rings. The average molecular weight is 345 g/mol. The molecule has 3 heterocycles. The predicted molar refractivity (Wildman–Crippen MR) is 97.4 cm³/mol. The second-order valence-corrected chi connectivity index (χ2v) is 6.16. The largest absolute Gasteiger partial charge is 0.461 e. The van der Waals surface area contributed by atoms with Crippen LogP contribution in [0.25, 0.3) is 11.6 Å². The molecule has 8 nitrogen and oxygen atoms in total. The van der Waals surface area contributed by atoms with Crippen LogP contribution in [-0.4, -0.2) is 65.8 Å². The van der Waals surface area contributed by atoms with Crippen LogP contribution in [-0.2, 0) is 6.42 Å². The third-order valence-corrected chi connectivity index (χ3v) is 4.32. The first kappa shape index (κ1) is 17.5. The Hall–Kier alpha value is -2.35. The fraction of sp³-hybridized carbons (Fsp3) is 0.588. The molecule has 3 N–H and O–H groups in total. The van der Waals surface area contributed by atoms with Crippen molar-refractivity contribution in [2.24, 2.45) is 4.99 Å². The van der Waals surface area contributed by atoms with Crippen LogP contribution < -0.4 is 10.6 Å². The van der Waals surface area contributed by atoms with Crippen LogP contribution in [0.1, 0.15) is 25.1 Å². The number of likely N-dealkylation sites (tertiary alicyclic amines) is 1. The maximum Gasteiger partial charge on any atom is 0.216 e. The molecule has 1 fully saturated rings. The molecule has 0 bridgehead atoms. The quantitative estimate of drug-likeness (QED) is 0.517. The van der Waals surface area contributed by atoms with E-state index < -0.39 is 0 Å².